The van der Waals surface area contributed by atoms with Gasteiger partial charge in [0.15, 0.2) is 0 Å². The molecule has 1 saturated heterocycles. The van der Waals surface area contributed by atoms with Crippen LogP contribution in [0.1, 0.15) is 46.3 Å². The van der Waals surface area contributed by atoms with Gasteiger partial charge in [-0.3, -0.25) is 9.59 Å². The van der Waals surface area contributed by atoms with E-state index in [1.807, 2.05) is 65.6 Å². The molecule has 0 unspecified atom stereocenters. The molecule has 1 fully saturated rings. The lowest BCUT2D eigenvalue weighted by Gasteiger charge is -2.24. The van der Waals surface area contributed by atoms with Crippen LogP contribution in [0.4, 0.5) is 13.2 Å². The van der Waals surface area contributed by atoms with Crippen molar-refractivity contribution in [3.05, 3.63) is 130 Å². The van der Waals surface area contributed by atoms with Crippen molar-refractivity contribution >= 4 is 33.7 Å². The Morgan fingerprint density at radius 1 is 0.800 bits per heavy atom. The monoisotopic (exact) mass is 751 g/mol. The molecule has 1 aliphatic heterocycles. The van der Waals surface area contributed by atoms with Crippen LogP contribution in [0, 0.1) is 0 Å². The third-order valence-electron chi connectivity index (χ3n) is 8.27. The fraction of sp³-hybridized carbons (Fsp3) is 0.308. The Bertz CT molecular complexity index is 1700. The van der Waals surface area contributed by atoms with Crippen molar-refractivity contribution in [3.63, 3.8) is 0 Å². The van der Waals surface area contributed by atoms with E-state index < -0.39 is 12.1 Å². The van der Waals surface area contributed by atoms with Gasteiger partial charge >= 0.3 is 12.1 Å². The van der Waals surface area contributed by atoms with E-state index in [-0.39, 0.29) is 11.8 Å². The van der Waals surface area contributed by atoms with Crippen molar-refractivity contribution in [1.29, 1.82) is 0 Å². The molecule has 0 aromatic heterocycles. The van der Waals surface area contributed by atoms with Crippen molar-refractivity contribution < 1.29 is 32.7 Å². The first-order valence-electron chi connectivity index (χ1n) is 16.5. The van der Waals surface area contributed by atoms with Gasteiger partial charge in [0, 0.05) is 36.2 Å². The number of alkyl halides is 3. The second kappa shape index (κ2) is 19.1. The summed E-state index contributed by atoms with van der Waals surface area (Å²) in [5.74, 6) is -2.68. The van der Waals surface area contributed by atoms with E-state index >= 15 is 0 Å². The largest absolute Gasteiger partial charge is 0.490 e. The van der Waals surface area contributed by atoms with Gasteiger partial charge < -0.3 is 20.2 Å². The summed E-state index contributed by atoms with van der Waals surface area (Å²) in [6, 6.07) is 34.5. The minimum atomic E-state index is -5.08. The number of carboxylic acids is 1. The van der Waals surface area contributed by atoms with Gasteiger partial charge in [-0.1, -0.05) is 88.7 Å². The molecule has 1 aliphatic rings. The van der Waals surface area contributed by atoms with Gasteiger partial charge in [0.2, 0.25) is 5.91 Å². The molecule has 0 bridgehead atoms. The summed E-state index contributed by atoms with van der Waals surface area (Å²) in [6.45, 7) is 5.03. The number of carbonyl (C=O) groups excluding carboxylic acids is 2. The maximum atomic E-state index is 13.6. The summed E-state index contributed by atoms with van der Waals surface area (Å²) < 4.78 is 32.7. The van der Waals surface area contributed by atoms with Crippen LogP contribution in [0.15, 0.2) is 108 Å². The van der Waals surface area contributed by atoms with Crippen LogP contribution in [0.3, 0.4) is 0 Å². The molecule has 5 rings (SSSR count). The summed E-state index contributed by atoms with van der Waals surface area (Å²) in [5, 5.41) is 10.2. The van der Waals surface area contributed by atoms with E-state index in [0.717, 1.165) is 59.2 Å². The van der Waals surface area contributed by atoms with E-state index in [1.54, 1.807) is 0 Å². The predicted octanol–water partition coefficient (Wildman–Crippen LogP) is 7.78. The van der Waals surface area contributed by atoms with Gasteiger partial charge in [-0.25, -0.2) is 4.79 Å². The number of likely N-dealkylation sites (tertiary alicyclic amines) is 1. The topological polar surface area (TPSA) is 90.0 Å². The Labute approximate surface area is 299 Å². The van der Waals surface area contributed by atoms with Crippen molar-refractivity contribution in [2.75, 3.05) is 32.7 Å². The van der Waals surface area contributed by atoms with Crippen molar-refractivity contribution in [3.8, 4) is 11.1 Å². The third-order valence-corrected chi connectivity index (χ3v) is 8.80. The average Bonchev–Trinajstić information content (AvgIpc) is 3.63. The fourth-order valence-corrected chi connectivity index (χ4v) is 5.91. The van der Waals surface area contributed by atoms with Crippen LogP contribution in [0.2, 0.25) is 0 Å². The molecular weight excluding hydrogens is 711 g/mol. The van der Waals surface area contributed by atoms with E-state index in [0.29, 0.717) is 31.6 Å². The molecular formula is C39H41BrF3N3O4. The maximum Gasteiger partial charge on any atom is 0.490 e. The Kier molecular flexibility index (Phi) is 14.6. The summed E-state index contributed by atoms with van der Waals surface area (Å²) >= 11 is 3.48. The number of nitrogens with zero attached hydrogens (tertiary/aromatic N) is 2. The summed E-state index contributed by atoms with van der Waals surface area (Å²) in [4.78, 5) is 39.7. The molecule has 4 aromatic carbocycles. The van der Waals surface area contributed by atoms with Crippen molar-refractivity contribution in [2.24, 2.45) is 0 Å². The molecule has 1 heterocycles. The van der Waals surface area contributed by atoms with Gasteiger partial charge in [0.25, 0.3) is 5.91 Å². The van der Waals surface area contributed by atoms with Gasteiger partial charge in [-0.2, -0.15) is 13.2 Å². The van der Waals surface area contributed by atoms with E-state index in [4.69, 9.17) is 9.90 Å². The van der Waals surface area contributed by atoms with Gasteiger partial charge in [-0.15, -0.1) is 0 Å². The van der Waals surface area contributed by atoms with E-state index in [1.165, 1.54) is 18.4 Å². The number of carboxylic acid groups (broad SMARTS) is 1. The molecule has 0 aliphatic carbocycles. The zero-order valence-corrected chi connectivity index (χ0v) is 29.3. The zero-order chi connectivity index (χ0) is 35.9. The van der Waals surface area contributed by atoms with Gasteiger partial charge in [0.05, 0.1) is 6.42 Å². The number of aryl methyl sites for hydroxylation is 1. The highest BCUT2D eigenvalue weighted by Crippen LogP contribution is 2.23. The number of aliphatic carboxylic acids is 1. The first-order chi connectivity index (χ1) is 24.0. The van der Waals surface area contributed by atoms with Gasteiger partial charge in [0.1, 0.15) is 0 Å². The number of hydrogen-bond donors (Lipinski definition) is 2. The molecule has 0 saturated carbocycles. The molecule has 7 nitrogen and oxygen atoms in total. The van der Waals surface area contributed by atoms with Crippen LogP contribution in [0.5, 0.6) is 0 Å². The molecule has 0 radical (unpaired) electrons. The number of amides is 2. The number of rotatable bonds is 13. The highest BCUT2D eigenvalue weighted by Gasteiger charge is 2.38. The van der Waals surface area contributed by atoms with Crippen LogP contribution in [0.25, 0.3) is 11.1 Å². The van der Waals surface area contributed by atoms with Gasteiger partial charge in [-0.05, 0) is 96.9 Å². The maximum absolute atomic E-state index is 13.6. The molecule has 2 N–H and O–H groups in total. The van der Waals surface area contributed by atoms with Crippen LogP contribution in [-0.2, 0) is 29.0 Å². The third kappa shape index (κ3) is 12.8. The molecule has 2 amide bonds. The Morgan fingerprint density at radius 3 is 2.08 bits per heavy atom. The van der Waals surface area contributed by atoms with E-state index in [9.17, 15) is 22.8 Å². The SMILES string of the molecule is O=C(NCCN1CCCC1)c1cccc(-c2cccc(CN(CCCc3ccccc3)C(=O)Cc3ccc(Br)cc3)c2)c1.O=C(O)C(F)(F)F. The van der Waals surface area contributed by atoms with Crippen LogP contribution in [-0.4, -0.2) is 71.6 Å². The lowest BCUT2D eigenvalue weighted by Crippen LogP contribution is -2.33. The zero-order valence-electron chi connectivity index (χ0n) is 27.7. The Balaban J connectivity index is 0.000000727. The molecule has 4 aromatic rings. The standard InChI is InChI=1S/C37H40BrN3O2.C2HF3O2/c38-35-18-16-30(17-19-35)26-36(42)41(23-8-12-29-9-2-1-3-10-29)28-31-11-6-13-32(25-31)33-14-7-15-34(27-33)37(43)39-20-24-40-21-4-5-22-40;3-2(4,5)1(6)7/h1-3,6-7,9-11,13-19,25,27H,4-5,8,12,20-24,26,28H2,(H,39,43);(H,6,7). The molecule has 50 heavy (non-hydrogen) atoms. The van der Waals surface area contributed by atoms with E-state index in [2.05, 4.69) is 68.6 Å². The highest BCUT2D eigenvalue weighted by molar-refractivity contribution is 9.10. The number of halogens is 4. The smallest absolute Gasteiger partial charge is 0.475 e. The first kappa shape index (κ1) is 38.3. The van der Waals surface area contributed by atoms with Crippen LogP contribution < -0.4 is 5.32 Å². The minimum absolute atomic E-state index is 0.0414. The second-order valence-electron chi connectivity index (χ2n) is 12.1. The number of carbonyl (C=O) groups is 3. The van der Waals surface area contributed by atoms with Crippen molar-refractivity contribution in [2.45, 2.75) is 44.8 Å². The second-order valence-corrected chi connectivity index (χ2v) is 13.0. The molecule has 264 valence electrons. The lowest BCUT2D eigenvalue weighted by molar-refractivity contribution is -0.192. The van der Waals surface area contributed by atoms with Crippen molar-refractivity contribution in [1.82, 2.24) is 15.1 Å². The lowest BCUT2D eigenvalue weighted by atomic mass is 10.0. The predicted molar refractivity (Wildman–Crippen MR) is 192 cm³/mol. The highest BCUT2D eigenvalue weighted by atomic mass is 79.9. The molecule has 11 heteroatoms. The molecule has 0 atom stereocenters. The fourth-order valence-electron chi connectivity index (χ4n) is 5.64. The Morgan fingerprint density at radius 2 is 1.42 bits per heavy atom. The summed E-state index contributed by atoms with van der Waals surface area (Å²) in [7, 11) is 0. The number of nitrogens with one attached hydrogen (secondary N) is 1. The van der Waals surface area contributed by atoms with Crippen LogP contribution >= 0.6 is 15.9 Å². The number of benzene rings is 4. The quantitative estimate of drug-likeness (QED) is 0.146. The number of hydrogen-bond acceptors (Lipinski definition) is 4. The first-order valence-corrected chi connectivity index (χ1v) is 17.3. The Hall–Kier alpha value is -4.48. The minimum Gasteiger partial charge on any atom is -0.475 e. The summed E-state index contributed by atoms with van der Waals surface area (Å²) in [5.41, 5.74) is 6.05. The molecule has 0 spiro atoms. The average molecular weight is 753 g/mol. The normalized spacial score (nSPS) is 12.9. The summed E-state index contributed by atoms with van der Waals surface area (Å²) in [6.07, 6.45) is -0.395.